The van der Waals surface area contributed by atoms with Gasteiger partial charge in [0.1, 0.15) is 12.3 Å². The zero-order chi connectivity index (χ0) is 22.5. The third kappa shape index (κ3) is 4.67. The maximum Gasteiger partial charge on any atom is 0.275 e. The average molecular weight is 435 g/mol. The van der Waals surface area contributed by atoms with Crippen LogP contribution in [0.4, 0.5) is 0 Å². The first kappa shape index (κ1) is 22.0. The lowest BCUT2D eigenvalue weighted by atomic mass is 10.0. The summed E-state index contributed by atoms with van der Waals surface area (Å²) in [6, 6.07) is 15.3. The molecular weight excluding hydrogens is 404 g/mol. The Hall–Kier alpha value is -3.19. The van der Waals surface area contributed by atoms with E-state index in [1.165, 1.54) is 11.1 Å². The quantitative estimate of drug-likeness (QED) is 0.619. The molecule has 168 valence electrons. The Morgan fingerprint density at radius 1 is 1.06 bits per heavy atom. The van der Waals surface area contributed by atoms with Crippen LogP contribution < -0.4 is 15.6 Å². The molecular formula is C25H30N4O3. The predicted molar refractivity (Wildman–Crippen MR) is 125 cm³/mol. The van der Waals surface area contributed by atoms with Crippen molar-refractivity contribution in [3.8, 4) is 5.75 Å². The van der Waals surface area contributed by atoms with Crippen LogP contribution in [0.5, 0.6) is 5.75 Å². The summed E-state index contributed by atoms with van der Waals surface area (Å²) in [6.45, 7) is 4.17. The maximum atomic E-state index is 12.8. The fourth-order valence-electron chi connectivity index (χ4n) is 4.52. The first-order valence-corrected chi connectivity index (χ1v) is 11.2. The Bertz CT molecular complexity index is 1150. The summed E-state index contributed by atoms with van der Waals surface area (Å²) in [6.07, 6.45) is 3.53. The van der Waals surface area contributed by atoms with Gasteiger partial charge in [-0.05, 0) is 45.0 Å². The first-order valence-electron chi connectivity index (χ1n) is 11.2. The summed E-state index contributed by atoms with van der Waals surface area (Å²) in [5.41, 5.74) is 1.54. The minimum atomic E-state index is -0.251. The van der Waals surface area contributed by atoms with E-state index in [-0.39, 0.29) is 24.1 Å². The van der Waals surface area contributed by atoms with Crippen LogP contribution in [0.15, 0.2) is 53.3 Å². The SMILES string of the molecule is COc1ccccc1C(CNC(=O)Cn1nc(C)c2ccccc2c1=O)N1CCCCC1. The number of rotatable bonds is 7. The molecule has 1 atom stereocenters. The van der Waals surface area contributed by atoms with Crippen LogP contribution in [0.25, 0.3) is 10.8 Å². The van der Waals surface area contributed by atoms with Gasteiger partial charge in [-0.2, -0.15) is 5.10 Å². The monoisotopic (exact) mass is 434 g/mol. The van der Waals surface area contributed by atoms with E-state index in [0.717, 1.165) is 48.3 Å². The fourth-order valence-corrected chi connectivity index (χ4v) is 4.52. The number of benzene rings is 2. The van der Waals surface area contributed by atoms with Crippen LogP contribution in [0.1, 0.15) is 36.6 Å². The molecule has 1 amide bonds. The second-order valence-corrected chi connectivity index (χ2v) is 8.25. The van der Waals surface area contributed by atoms with Crippen molar-refractivity contribution in [2.75, 3.05) is 26.7 Å². The van der Waals surface area contributed by atoms with Crippen LogP contribution in [0.3, 0.4) is 0 Å². The van der Waals surface area contributed by atoms with Crippen LogP contribution in [-0.4, -0.2) is 47.3 Å². The highest BCUT2D eigenvalue weighted by Gasteiger charge is 2.25. The van der Waals surface area contributed by atoms with Crippen molar-refractivity contribution in [1.29, 1.82) is 0 Å². The highest BCUT2D eigenvalue weighted by molar-refractivity contribution is 5.83. The number of ether oxygens (including phenoxy) is 1. The smallest absolute Gasteiger partial charge is 0.275 e. The highest BCUT2D eigenvalue weighted by Crippen LogP contribution is 2.30. The molecule has 7 heteroatoms. The summed E-state index contributed by atoms with van der Waals surface area (Å²) in [4.78, 5) is 28.0. The van der Waals surface area contributed by atoms with Crippen LogP contribution >= 0.6 is 0 Å². The van der Waals surface area contributed by atoms with Crippen LogP contribution in [0.2, 0.25) is 0 Å². The van der Waals surface area contributed by atoms with E-state index in [2.05, 4.69) is 21.4 Å². The molecule has 3 aromatic rings. The van der Waals surface area contributed by atoms with Gasteiger partial charge in [0, 0.05) is 17.5 Å². The number of carbonyl (C=O) groups is 1. The summed E-state index contributed by atoms with van der Waals surface area (Å²) in [5, 5.41) is 8.79. The molecule has 1 aromatic heterocycles. The molecule has 2 heterocycles. The summed E-state index contributed by atoms with van der Waals surface area (Å²) in [5.74, 6) is 0.589. The van der Waals surface area contributed by atoms with Gasteiger partial charge in [0.25, 0.3) is 5.56 Å². The standard InChI is InChI=1S/C25H30N4O3/c1-18-19-10-4-5-11-20(19)25(31)29(27-18)17-24(30)26-16-22(28-14-8-3-9-15-28)21-12-6-7-13-23(21)32-2/h4-7,10-13,22H,3,8-9,14-17H2,1-2H3,(H,26,30). The number of hydrogen-bond acceptors (Lipinski definition) is 5. The number of aromatic nitrogens is 2. The van der Waals surface area contributed by atoms with E-state index in [4.69, 9.17) is 4.74 Å². The third-order valence-corrected chi connectivity index (χ3v) is 6.17. The number of hydrogen-bond donors (Lipinski definition) is 1. The molecule has 2 aromatic carbocycles. The number of piperidine rings is 1. The molecule has 0 saturated carbocycles. The lowest BCUT2D eigenvalue weighted by Crippen LogP contribution is -2.42. The van der Waals surface area contributed by atoms with Crippen molar-refractivity contribution in [3.63, 3.8) is 0 Å². The molecule has 1 aliphatic heterocycles. The van der Waals surface area contributed by atoms with Gasteiger partial charge < -0.3 is 10.1 Å². The maximum absolute atomic E-state index is 12.8. The topological polar surface area (TPSA) is 76.5 Å². The normalized spacial score (nSPS) is 15.4. The largest absolute Gasteiger partial charge is 0.496 e. The van der Waals surface area contributed by atoms with Crippen molar-refractivity contribution < 1.29 is 9.53 Å². The molecule has 1 N–H and O–H groups in total. The van der Waals surface area contributed by atoms with Crippen molar-refractivity contribution in [1.82, 2.24) is 20.0 Å². The van der Waals surface area contributed by atoms with E-state index >= 15 is 0 Å². The molecule has 1 aliphatic rings. The number of methoxy groups -OCH3 is 1. The Kier molecular flexibility index (Phi) is 6.85. The second-order valence-electron chi connectivity index (χ2n) is 8.25. The van der Waals surface area contributed by atoms with Crippen molar-refractivity contribution in [3.05, 3.63) is 70.1 Å². The Morgan fingerprint density at radius 2 is 1.75 bits per heavy atom. The van der Waals surface area contributed by atoms with Crippen molar-refractivity contribution >= 4 is 16.7 Å². The molecule has 1 unspecified atom stereocenters. The number of likely N-dealkylation sites (tertiary alicyclic amines) is 1. The molecule has 0 bridgehead atoms. The lowest BCUT2D eigenvalue weighted by molar-refractivity contribution is -0.122. The van der Waals surface area contributed by atoms with Gasteiger partial charge in [-0.15, -0.1) is 0 Å². The molecule has 7 nitrogen and oxygen atoms in total. The van der Waals surface area contributed by atoms with Gasteiger partial charge in [-0.3, -0.25) is 14.5 Å². The minimum Gasteiger partial charge on any atom is -0.496 e. The number of nitrogens with zero attached hydrogens (tertiary/aromatic N) is 3. The number of carbonyl (C=O) groups excluding carboxylic acids is 1. The van der Waals surface area contributed by atoms with Crippen molar-refractivity contribution in [2.24, 2.45) is 0 Å². The van der Waals surface area contributed by atoms with Crippen molar-refractivity contribution in [2.45, 2.75) is 38.8 Å². The Balaban J connectivity index is 1.52. The number of amides is 1. The van der Waals surface area contributed by atoms with Gasteiger partial charge in [0.2, 0.25) is 5.91 Å². The number of nitrogens with one attached hydrogen (secondary N) is 1. The van der Waals surface area contributed by atoms with E-state index in [1.807, 2.05) is 43.3 Å². The van der Waals surface area contributed by atoms with E-state index in [0.29, 0.717) is 11.9 Å². The summed E-state index contributed by atoms with van der Waals surface area (Å²) < 4.78 is 6.85. The highest BCUT2D eigenvalue weighted by atomic mass is 16.5. The minimum absolute atomic E-state index is 0.0124. The molecule has 32 heavy (non-hydrogen) atoms. The predicted octanol–water partition coefficient (Wildman–Crippen LogP) is 3.06. The Morgan fingerprint density at radius 3 is 2.50 bits per heavy atom. The number of fused-ring (bicyclic) bond motifs is 1. The lowest BCUT2D eigenvalue weighted by Gasteiger charge is -2.35. The summed E-state index contributed by atoms with van der Waals surface area (Å²) in [7, 11) is 1.67. The molecule has 1 fully saturated rings. The third-order valence-electron chi connectivity index (χ3n) is 6.17. The molecule has 0 aliphatic carbocycles. The average Bonchev–Trinajstić information content (AvgIpc) is 2.83. The van der Waals surface area contributed by atoms with Crippen LogP contribution in [-0.2, 0) is 11.3 Å². The van der Waals surface area contributed by atoms with Gasteiger partial charge in [0.05, 0.1) is 24.2 Å². The van der Waals surface area contributed by atoms with Crippen LogP contribution in [0, 0.1) is 6.92 Å². The number of para-hydroxylation sites is 1. The molecule has 0 radical (unpaired) electrons. The fraction of sp³-hybridized carbons (Fsp3) is 0.400. The van der Waals surface area contributed by atoms with E-state index < -0.39 is 0 Å². The molecule has 0 spiro atoms. The van der Waals surface area contributed by atoms with Gasteiger partial charge in [0.15, 0.2) is 0 Å². The zero-order valence-corrected chi connectivity index (χ0v) is 18.7. The van der Waals surface area contributed by atoms with Gasteiger partial charge >= 0.3 is 0 Å². The first-order chi connectivity index (χ1) is 15.6. The van der Waals surface area contributed by atoms with E-state index in [9.17, 15) is 9.59 Å². The zero-order valence-electron chi connectivity index (χ0n) is 18.7. The van der Waals surface area contributed by atoms with Gasteiger partial charge in [-0.25, -0.2) is 4.68 Å². The van der Waals surface area contributed by atoms with Gasteiger partial charge in [-0.1, -0.05) is 42.8 Å². The Labute approximate surface area is 188 Å². The van der Waals surface area contributed by atoms with E-state index in [1.54, 1.807) is 13.2 Å². The molecule has 4 rings (SSSR count). The molecule has 1 saturated heterocycles. The second kappa shape index (κ2) is 9.96. The number of aryl methyl sites for hydroxylation is 1. The summed E-state index contributed by atoms with van der Waals surface area (Å²) >= 11 is 0.